The Hall–Kier alpha value is -5.98. The Morgan fingerprint density at radius 3 is 1.52 bits per heavy atom. The van der Waals surface area contributed by atoms with Crippen LogP contribution in [0.2, 0.25) is 0 Å². The Balaban J connectivity index is 1.29. The van der Waals surface area contributed by atoms with Crippen LogP contribution in [-0.2, 0) is 0 Å². The van der Waals surface area contributed by atoms with Crippen molar-refractivity contribution >= 4 is 64.6 Å². The van der Waals surface area contributed by atoms with E-state index in [2.05, 4.69) is 170 Å². The van der Waals surface area contributed by atoms with Crippen molar-refractivity contribution in [3.8, 4) is 33.4 Å². The first kappa shape index (κ1) is 25.4. The van der Waals surface area contributed by atoms with Crippen molar-refractivity contribution in [3.05, 3.63) is 170 Å². The van der Waals surface area contributed by atoms with Gasteiger partial charge in [0, 0.05) is 0 Å². The van der Waals surface area contributed by atoms with Crippen molar-refractivity contribution < 1.29 is 0 Å². The molecule has 0 aromatic heterocycles. The van der Waals surface area contributed by atoms with Crippen molar-refractivity contribution in [2.45, 2.75) is 0 Å². The third-order valence-corrected chi connectivity index (χ3v) is 9.97. The largest absolute Gasteiger partial charge is 0.0622 e. The lowest BCUT2D eigenvalue weighted by Crippen LogP contribution is -1.93. The van der Waals surface area contributed by atoms with E-state index in [9.17, 15) is 0 Å². The van der Waals surface area contributed by atoms with Gasteiger partial charge in [0.2, 0.25) is 0 Å². The maximum absolute atomic E-state index is 2.38. The molecule has 46 heavy (non-hydrogen) atoms. The minimum Gasteiger partial charge on any atom is -0.0622 e. The van der Waals surface area contributed by atoms with Crippen LogP contribution < -0.4 is 0 Å². The molecule has 212 valence electrons. The third kappa shape index (κ3) is 3.62. The predicted octanol–water partition coefficient (Wildman–Crippen LogP) is 13.0. The lowest BCUT2D eigenvalue weighted by atomic mass is 9.82. The Labute approximate surface area is 267 Å². The molecular weight excluding hydrogens is 553 g/mol. The Morgan fingerprint density at radius 2 is 0.783 bits per heavy atom. The summed E-state index contributed by atoms with van der Waals surface area (Å²) in [5, 5.41) is 15.7. The fourth-order valence-corrected chi connectivity index (χ4v) is 7.95. The first-order valence-electron chi connectivity index (χ1n) is 16.0. The zero-order valence-corrected chi connectivity index (χ0v) is 25.2. The Kier molecular flexibility index (Phi) is 5.38. The van der Waals surface area contributed by atoms with E-state index in [0.717, 1.165) is 0 Å². The summed E-state index contributed by atoms with van der Waals surface area (Å²) in [5.74, 6) is 0. The van der Waals surface area contributed by atoms with Crippen LogP contribution in [0.1, 0.15) is 0 Å². The van der Waals surface area contributed by atoms with Gasteiger partial charge in [-0.1, -0.05) is 158 Å². The highest BCUT2D eigenvalue weighted by Crippen LogP contribution is 2.49. The molecule has 0 heteroatoms. The fraction of sp³-hybridized carbons (Fsp3) is 0. The van der Waals surface area contributed by atoms with Gasteiger partial charge in [-0.25, -0.2) is 0 Å². The monoisotopic (exact) mass is 580 g/mol. The fourth-order valence-electron chi connectivity index (χ4n) is 7.95. The van der Waals surface area contributed by atoms with Gasteiger partial charge >= 0.3 is 0 Å². The summed E-state index contributed by atoms with van der Waals surface area (Å²) in [6, 6.07) is 62.7. The van der Waals surface area contributed by atoms with Crippen molar-refractivity contribution in [2.75, 3.05) is 0 Å². The molecule has 0 radical (unpaired) electrons. The van der Waals surface area contributed by atoms with Crippen LogP contribution in [0.4, 0.5) is 0 Å². The second-order valence-corrected chi connectivity index (χ2v) is 12.4. The first-order chi connectivity index (χ1) is 22.8. The topological polar surface area (TPSA) is 0 Å². The molecule has 0 heterocycles. The summed E-state index contributed by atoms with van der Waals surface area (Å²) in [6.07, 6.45) is 0. The molecular formula is C46H28. The number of hydrogen-bond acceptors (Lipinski definition) is 0. The molecule has 0 saturated heterocycles. The molecule has 0 bridgehead atoms. The number of rotatable bonds is 3. The normalized spacial score (nSPS) is 11.9. The summed E-state index contributed by atoms with van der Waals surface area (Å²) < 4.78 is 0. The van der Waals surface area contributed by atoms with Gasteiger partial charge in [0.25, 0.3) is 0 Å². The molecule has 0 unspecified atom stereocenters. The zero-order chi connectivity index (χ0) is 30.2. The van der Waals surface area contributed by atoms with Gasteiger partial charge in [-0.2, -0.15) is 0 Å². The Bertz CT molecular complexity index is 2770. The molecule has 0 saturated carbocycles. The quantitative estimate of drug-likeness (QED) is 0.144. The van der Waals surface area contributed by atoms with Gasteiger partial charge in [-0.15, -0.1) is 0 Å². The summed E-state index contributed by atoms with van der Waals surface area (Å²) in [6.45, 7) is 0. The van der Waals surface area contributed by atoms with E-state index in [1.165, 1.54) is 98.0 Å². The number of hydrogen-bond donors (Lipinski definition) is 0. The minimum absolute atomic E-state index is 1.24. The summed E-state index contributed by atoms with van der Waals surface area (Å²) in [7, 11) is 0. The van der Waals surface area contributed by atoms with Gasteiger partial charge in [0.1, 0.15) is 0 Å². The minimum atomic E-state index is 1.24. The second kappa shape index (κ2) is 9.76. The molecule has 0 N–H and O–H groups in total. The van der Waals surface area contributed by atoms with E-state index >= 15 is 0 Å². The van der Waals surface area contributed by atoms with Crippen molar-refractivity contribution in [1.82, 2.24) is 0 Å². The molecule has 10 aromatic rings. The van der Waals surface area contributed by atoms with E-state index in [1.807, 2.05) is 0 Å². The average Bonchev–Trinajstić information content (AvgIpc) is 3.13. The van der Waals surface area contributed by atoms with E-state index in [-0.39, 0.29) is 0 Å². The molecule has 0 spiro atoms. The highest BCUT2D eigenvalue weighted by atomic mass is 14.2. The SMILES string of the molecule is c1ccc(-c2ccc3cc(-c4ccc5c6c(-c7ccccc7)c7ccccc7c7cccc(c8cccc4c85)c76)ccc3c2)cc1. The van der Waals surface area contributed by atoms with E-state index < -0.39 is 0 Å². The van der Waals surface area contributed by atoms with Gasteiger partial charge in [0.15, 0.2) is 0 Å². The van der Waals surface area contributed by atoms with E-state index in [0.29, 0.717) is 0 Å². The second-order valence-electron chi connectivity index (χ2n) is 12.4. The molecule has 0 nitrogen and oxygen atoms in total. The van der Waals surface area contributed by atoms with Crippen molar-refractivity contribution in [3.63, 3.8) is 0 Å². The Morgan fingerprint density at radius 1 is 0.239 bits per heavy atom. The smallest absolute Gasteiger partial charge is 0.000763 e. The maximum atomic E-state index is 2.38. The number of benzene rings is 10. The molecule has 0 aliphatic rings. The average molecular weight is 581 g/mol. The van der Waals surface area contributed by atoms with Crippen LogP contribution in [0.5, 0.6) is 0 Å². The lowest BCUT2D eigenvalue weighted by Gasteiger charge is -2.21. The van der Waals surface area contributed by atoms with Gasteiger partial charge in [-0.05, 0) is 110 Å². The highest BCUT2D eigenvalue weighted by Gasteiger charge is 2.21. The molecule has 10 rings (SSSR count). The summed E-state index contributed by atoms with van der Waals surface area (Å²) >= 11 is 0. The first-order valence-corrected chi connectivity index (χ1v) is 16.0. The molecule has 0 aliphatic heterocycles. The standard InChI is InChI=1S/C46H28/c1-3-11-29(12-4-1)31-21-22-33-28-34(24-23-32(33)27-31)35-25-26-42-44-37(35)17-9-19-40(44)41-20-10-18-39-36-15-7-8-16-38(36)43(46(42)45(39)41)30-13-5-2-6-14-30/h1-28H. The predicted molar refractivity (Wildman–Crippen MR) is 199 cm³/mol. The molecule has 0 amide bonds. The summed E-state index contributed by atoms with van der Waals surface area (Å²) in [4.78, 5) is 0. The molecule has 0 fully saturated rings. The van der Waals surface area contributed by atoms with Crippen LogP contribution in [-0.4, -0.2) is 0 Å². The van der Waals surface area contributed by atoms with Crippen molar-refractivity contribution in [2.24, 2.45) is 0 Å². The van der Waals surface area contributed by atoms with Gasteiger partial charge in [0.05, 0.1) is 0 Å². The maximum Gasteiger partial charge on any atom is -0.000763 e. The van der Waals surface area contributed by atoms with Gasteiger partial charge < -0.3 is 0 Å². The summed E-state index contributed by atoms with van der Waals surface area (Å²) in [5.41, 5.74) is 7.58. The third-order valence-electron chi connectivity index (χ3n) is 9.97. The zero-order valence-electron chi connectivity index (χ0n) is 25.2. The van der Waals surface area contributed by atoms with Crippen LogP contribution >= 0.6 is 0 Å². The number of fused-ring (bicyclic) bond motifs is 5. The van der Waals surface area contributed by atoms with E-state index in [4.69, 9.17) is 0 Å². The lowest BCUT2D eigenvalue weighted by molar-refractivity contribution is 1.64. The molecule has 0 atom stereocenters. The van der Waals surface area contributed by atoms with Gasteiger partial charge in [-0.3, -0.25) is 0 Å². The molecule has 10 aromatic carbocycles. The van der Waals surface area contributed by atoms with Crippen LogP contribution in [0.3, 0.4) is 0 Å². The van der Waals surface area contributed by atoms with Crippen LogP contribution in [0.15, 0.2) is 170 Å². The van der Waals surface area contributed by atoms with Crippen molar-refractivity contribution in [1.29, 1.82) is 0 Å². The van der Waals surface area contributed by atoms with Crippen LogP contribution in [0.25, 0.3) is 98.0 Å². The highest BCUT2D eigenvalue weighted by molar-refractivity contribution is 6.40. The van der Waals surface area contributed by atoms with E-state index in [1.54, 1.807) is 0 Å². The van der Waals surface area contributed by atoms with Crippen LogP contribution in [0, 0.1) is 0 Å². The molecule has 0 aliphatic carbocycles.